The van der Waals surface area contributed by atoms with Gasteiger partial charge in [-0.05, 0) is 25.8 Å². The van der Waals surface area contributed by atoms with Gasteiger partial charge in [-0.1, -0.05) is 17.7 Å². The third-order valence-corrected chi connectivity index (χ3v) is 3.33. The Hall–Kier alpha value is -1.33. The molecule has 2 rings (SSSR count). The first-order chi connectivity index (χ1) is 9.22. The monoisotopic (exact) mass is 282 g/mol. The third kappa shape index (κ3) is 4.08. The Morgan fingerprint density at radius 1 is 1.53 bits per heavy atom. The lowest BCUT2D eigenvalue weighted by Crippen LogP contribution is -2.24. The Bertz CT molecular complexity index is 496. The number of anilines is 1. The minimum Gasteiger partial charge on any atom is -0.382 e. The van der Waals surface area contributed by atoms with Gasteiger partial charge >= 0.3 is 0 Å². The van der Waals surface area contributed by atoms with Crippen molar-refractivity contribution in [3.05, 3.63) is 34.2 Å². The van der Waals surface area contributed by atoms with E-state index in [1.54, 1.807) is 12.3 Å². The van der Waals surface area contributed by atoms with E-state index in [9.17, 15) is 4.79 Å². The van der Waals surface area contributed by atoms with Crippen LogP contribution in [0.5, 0.6) is 0 Å². The van der Waals surface area contributed by atoms with Crippen molar-refractivity contribution in [2.24, 2.45) is 0 Å². The van der Waals surface area contributed by atoms with Crippen molar-refractivity contribution in [1.82, 2.24) is 15.1 Å². The van der Waals surface area contributed by atoms with Crippen LogP contribution in [0.25, 0.3) is 0 Å². The predicted molar refractivity (Wildman–Crippen MR) is 77.8 cm³/mol. The zero-order valence-corrected chi connectivity index (χ0v) is 11.6. The molecule has 0 aliphatic heterocycles. The predicted octanol–water partition coefficient (Wildman–Crippen LogP) is 1.64. The molecule has 1 saturated carbocycles. The summed E-state index contributed by atoms with van der Waals surface area (Å²) in [5.74, 6) is 0. The molecule has 5 nitrogen and oxygen atoms in total. The molecule has 1 aliphatic carbocycles. The van der Waals surface area contributed by atoms with Crippen LogP contribution in [-0.4, -0.2) is 28.9 Å². The van der Waals surface area contributed by atoms with Crippen molar-refractivity contribution in [2.45, 2.75) is 31.8 Å². The average molecular weight is 283 g/mol. The number of hydrogen-bond donors (Lipinski definition) is 2. The van der Waals surface area contributed by atoms with Gasteiger partial charge in [0.15, 0.2) is 0 Å². The van der Waals surface area contributed by atoms with Gasteiger partial charge in [0.25, 0.3) is 5.56 Å². The summed E-state index contributed by atoms with van der Waals surface area (Å²) in [5, 5.41) is 10.8. The fourth-order valence-electron chi connectivity index (χ4n) is 1.75. The van der Waals surface area contributed by atoms with Gasteiger partial charge in [0.05, 0.1) is 18.4 Å². The van der Waals surface area contributed by atoms with Gasteiger partial charge in [0, 0.05) is 12.6 Å². The Balaban J connectivity index is 1.83. The smallest absolute Gasteiger partial charge is 0.287 e. The molecule has 19 heavy (non-hydrogen) atoms. The Labute approximate surface area is 117 Å². The fourth-order valence-corrected chi connectivity index (χ4v) is 1.96. The van der Waals surface area contributed by atoms with E-state index >= 15 is 0 Å². The molecule has 0 aromatic carbocycles. The van der Waals surface area contributed by atoms with Crippen molar-refractivity contribution in [2.75, 3.05) is 18.4 Å². The lowest BCUT2D eigenvalue weighted by Gasteiger charge is -2.09. The van der Waals surface area contributed by atoms with Crippen LogP contribution in [-0.2, 0) is 6.54 Å². The summed E-state index contributed by atoms with van der Waals surface area (Å²) in [6.45, 7) is 5.69. The highest BCUT2D eigenvalue weighted by Crippen LogP contribution is 2.18. The first kappa shape index (κ1) is 14.1. The van der Waals surface area contributed by atoms with Gasteiger partial charge in [0.1, 0.15) is 5.02 Å². The molecule has 0 unspecified atom stereocenters. The topological polar surface area (TPSA) is 59.0 Å². The van der Waals surface area contributed by atoms with E-state index in [0.29, 0.717) is 12.2 Å². The highest BCUT2D eigenvalue weighted by atomic mass is 35.5. The van der Waals surface area contributed by atoms with E-state index in [0.717, 1.165) is 25.6 Å². The highest BCUT2D eigenvalue weighted by molar-refractivity contribution is 6.32. The molecule has 1 heterocycles. The SMILES string of the molecule is C=CCn1ncc(NCCCNC2CC2)c(Cl)c1=O. The fraction of sp³-hybridized carbons (Fsp3) is 0.538. The van der Waals surface area contributed by atoms with Crippen LogP contribution in [0, 0.1) is 0 Å². The van der Waals surface area contributed by atoms with Crippen LogP contribution >= 0.6 is 11.6 Å². The van der Waals surface area contributed by atoms with Crippen LogP contribution in [0.1, 0.15) is 19.3 Å². The minimum atomic E-state index is -0.289. The summed E-state index contributed by atoms with van der Waals surface area (Å²) >= 11 is 6.02. The van der Waals surface area contributed by atoms with E-state index < -0.39 is 0 Å². The molecule has 0 radical (unpaired) electrons. The zero-order chi connectivity index (χ0) is 13.7. The Morgan fingerprint density at radius 2 is 2.32 bits per heavy atom. The molecule has 0 bridgehead atoms. The van der Waals surface area contributed by atoms with Crippen molar-refractivity contribution in [3.63, 3.8) is 0 Å². The largest absolute Gasteiger partial charge is 0.382 e. The van der Waals surface area contributed by atoms with Crippen molar-refractivity contribution in [1.29, 1.82) is 0 Å². The second-order valence-corrected chi connectivity index (χ2v) is 5.03. The highest BCUT2D eigenvalue weighted by Gasteiger charge is 2.19. The number of rotatable bonds is 8. The summed E-state index contributed by atoms with van der Waals surface area (Å²) < 4.78 is 1.29. The second kappa shape index (κ2) is 6.73. The molecule has 1 fully saturated rings. The standard InChI is InChI=1S/C13H19ClN4O/c1-2-8-18-13(19)12(14)11(9-17-18)16-7-3-6-15-10-4-5-10/h2,9-10,15-16H,1,3-8H2. The molecule has 1 aliphatic rings. The maximum absolute atomic E-state index is 11.8. The molecule has 1 aromatic rings. The number of halogens is 1. The molecule has 1 aromatic heterocycles. The molecule has 6 heteroatoms. The van der Waals surface area contributed by atoms with Crippen molar-refractivity contribution in [3.8, 4) is 0 Å². The molecule has 104 valence electrons. The number of nitrogens with one attached hydrogen (secondary N) is 2. The number of nitrogens with zero attached hydrogens (tertiary/aromatic N) is 2. The van der Waals surface area contributed by atoms with E-state index in [4.69, 9.17) is 11.6 Å². The van der Waals surface area contributed by atoms with E-state index in [-0.39, 0.29) is 10.6 Å². The van der Waals surface area contributed by atoms with E-state index in [2.05, 4.69) is 22.3 Å². The third-order valence-electron chi connectivity index (χ3n) is 2.97. The van der Waals surface area contributed by atoms with Crippen LogP contribution in [0.3, 0.4) is 0 Å². The minimum absolute atomic E-state index is 0.187. The van der Waals surface area contributed by atoms with Crippen LogP contribution in [0.2, 0.25) is 5.02 Å². The lowest BCUT2D eigenvalue weighted by molar-refractivity contribution is 0.648. The van der Waals surface area contributed by atoms with Crippen LogP contribution < -0.4 is 16.2 Å². The van der Waals surface area contributed by atoms with Gasteiger partial charge in [0.2, 0.25) is 0 Å². The molecule has 0 atom stereocenters. The summed E-state index contributed by atoms with van der Waals surface area (Å²) in [4.78, 5) is 11.8. The second-order valence-electron chi connectivity index (χ2n) is 4.66. The summed E-state index contributed by atoms with van der Waals surface area (Å²) in [7, 11) is 0. The molecular formula is C13H19ClN4O. The van der Waals surface area contributed by atoms with Crippen molar-refractivity contribution >= 4 is 17.3 Å². The average Bonchev–Trinajstić information content (AvgIpc) is 3.21. The van der Waals surface area contributed by atoms with Crippen LogP contribution in [0.15, 0.2) is 23.6 Å². The summed E-state index contributed by atoms with van der Waals surface area (Å²) in [6, 6.07) is 0.730. The number of allylic oxidation sites excluding steroid dienone is 1. The zero-order valence-electron chi connectivity index (χ0n) is 10.9. The van der Waals surface area contributed by atoms with E-state index in [1.807, 2.05) is 0 Å². The maximum atomic E-state index is 11.8. The normalized spacial score (nSPS) is 14.4. The molecule has 0 saturated heterocycles. The Kier molecular flexibility index (Phi) is 4.99. The maximum Gasteiger partial charge on any atom is 0.287 e. The molecule has 0 amide bonds. The van der Waals surface area contributed by atoms with Crippen LogP contribution in [0.4, 0.5) is 5.69 Å². The number of hydrogen-bond acceptors (Lipinski definition) is 4. The summed E-state index contributed by atoms with van der Waals surface area (Å²) in [5.41, 5.74) is 0.307. The van der Waals surface area contributed by atoms with E-state index in [1.165, 1.54) is 17.5 Å². The lowest BCUT2D eigenvalue weighted by atomic mass is 10.3. The first-order valence-electron chi connectivity index (χ1n) is 6.56. The van der Waals surface area contributed by atoms with Gasteiger partial charge in [-0.15, -0.1) is 6.58 Å². The van der Waals surface area contributed by atoms with Gasteiger partial charge in [-0.25, -0.2) is 4.68 Å². The quantitative estimate of drug-likeness (QED) is 0.562. The summed E-state index contributed by atoms with van der Waals surface area (Å²) in [6.07, 6.45) is 6.78. The van der Waals surface area contributed by atoms with Gasteiger partial charge in [-0.3, -0.25) is 4.79 Å². The van der Waals surface area contributed by atoms with Gasteiger partial charge < -0.3 is 10.6 Å². The molecule has 2 N–H and O–H groups in total. The number of aromatic nitrogens is 2. The Morgan fingerprint density at radius 3 is 3.00 bits per heavy atom. The molecular weight excluding hydrogens is 264 g/mol. The van der Waals surface area contributed by atoms with Crippen molar-refractivity contribution < 1.29 is 0 Å². The first-order valence-corrected chi connectivity index (χ1v) is 6.94. The molecule has 0 spiro atoms. The van der Waals surface area contributed by atoms with Gasteiger partial charge in [-0.2, -0.15) is 5.10 Å².